The molecule has 1 aromatic carbocycles. The molecule has 2 amide bonds. The Morgan fingerprint density at radius 3 is 2.37 bits per heavy atom. The lowest BCUT2D eigenvalue weighted by molar-refractivity contribution is -0.132. The molecule has 2 atom stereocenters. The summed E-state index contributed by atoms with van der Waals surface area (Å²) in [6, 6.07) is 9.07. The van der Waals surface area contributed by atoms with E-state index in [-0.39, 0.29) is 24.4 Å². The molecule has 0 radical (unpaired) electrons. The first-order chi connectivity index (χ1) is 8.93. The number of benzene rings is 1. The van der Waals surface area contributed by atoms with Crippen molar-refractivity contribution in [1.29, 1.82) is 0 Å². The number of amides is 2. The highest BCUT2D eigenvalue weighted by atomic mass is 16.2. The third kappa shape index (κ3) is 4.37. The number of nitrogens with two attached hydrogens (primary N) is 1. The van der Waals surface area contributed by atoms with Crippen LogP contribution >= 0.6 is 0 Å². The van der Waals surface area contributed by atoms with Crippen LogP contribution < -0.4 is 11.1 Å². The predicted octanol–water partition coefficient (Wildman–Crippen LogP) is 0.527. The van der Waals surface area contributed by atoms with Gasteiger partial charge in [0.1, 0.15) is 0 Å². The van der Waals surface area contributed by atoms with E-state index in [1.54, 1.807) is 21.0 Å². The van der Waals surface area contributed by atoms with Crippen LogP contribution in [0, 0.1) is 5.92 Å². The summed E-state index contributed by atoms with van der Waals surface area (Å²) in [6.07, 6.45) is 0. The molecule has 0 bridgehead atoms. The van der Waals surface area contributed by atoms with Gasteiger partial charge >= 0.3 is 0 Å². The van der Waals surface area contributed by atoms with E-state index in [4.69, 9.17) is 5.73 Å². The zero-order chi connectivity index (χ0) is 14.4. The van der Waals surface area contributed by atoms with Gasteiger partial charge in [0, 0.05) is 20.1 Å². The average molecular weight is 263 g/mol. The zero-order valence-corrected chi connectivity index (χ0v) is 11.6. The zero-order valence-electron chi connectivity index (χ0n) is 11.6. The van der Waals surface area contributed by atoms with Crippen LogP contribution in [0.4, 0.5) is 0 Å². The van der Waals surface area contributed by atoms with Crippen LogP contribution in [-0.2, 0) is 9.59 Å². The minimum absolute atomic E-state index is 0.00230. The van der Waals surface area contributed by atoms with Crippen molar-refractivity contribution in [3.05, 3.63) is 35.9 Å². The van der Waals surface area contributed by atoms with Gasteiger partial charge in [-0.05, 0) is 5.56 Å². The lowest BCUT2D eigenvalue weighted by Crippen LogP contribution is -2.41. The Balaban J connectivity index is 2.55. The molecule has 5 heteroatoms. The summed E-state index contributed by atoms with van der Waals surface area (Å²) in [5, 5.41) is 2.60. The normalized spacial score (nSPS) is 13.5. The number of nitrogens with one attached hydrogen (secondary N) is 1. The number of likely N-dealkylation sites (N-methyl/N-ethyl adjacent to an activating group) is 1. The first-order valence-corrected chi connectivity index (χ1v) is 6.22. The molecular formula is C14H21N3O2. The fourth-order valence-electron chi connectivity index (χ4n) is 1.61. The minimum Gasteiger partial charge on any atom is -0.347 e. The lowest BCUT2D eigenvalue weighted by Gasteiger charge is -2.20. The third-order valence-corrected chi connectivity index (χ3v) is 3.05. The van der Waals surface area contributed by atoms with Gasteiger partial charge in [0.15, 0.2) is 0 Å². The SMILES string of the molecule is CC(C(=O)NCC(=O)N(C)C)C(N)c1ccccc1. The van der Waals surface area contributed by atoms with Crippen molar-refractivity contribution in [3.63, 3.8) is 0 Å². The second kappa shape index (κ2) is 6.89. The van der Waals surface area contributed by atoms with Crippen molar-refractivity contribution < 1.29 is 9.59 Å². The molecule has 0 aliphatic heterocycles. The standard InChI is InChI=1S/C14H21N3O2/c1-10(13(15)11-7-5-4-6-8-11)14(19)16-9-12(18)17(2)3/h4-8,10,13H,9,15H2,1-3H3,(H,16,19). The Morgan fingerprint density at radius 1 is 1.26 bits per heavy atom. The van der Waals surface area contributed by atoms with Gasteiger partial charge in [0.25, 0.3) is 0 Å². The van der Waals surface area contributed by atoms with E-state index in [1.807, 2.05) is 30.3 Å². The number of rotatable bonds is 5. The van der Waals surface area contributed by atoms with Crippen LogP contribution in [0.25, 0.3) is 0 Å². The number of hydrogen-bond donors (Lipinski definition) is 2. The highest BCUT2D eigenvalue weighted by molar-refractivity contribution is 5.85. The van der Waals surface area contributed by atoms with Gasteiger partial charge in [-0.2, -0.15) is 0 Å². The molecule has 19 heavy (non-hydrogen) atoms. The van der Waals surface area contributed by atoms with E-state index in [9.17, 15) is 9.59 Å². The lowest BCUT2D eigenvalue weighted by atomic mass is 9.95. The molecule has 5 nitrogen and oxygen atoms in total. The topological polar surface area (TPSA) is 75.4 Å². The molecule has 104 valence electrons. The average Bonchev–Trinajstić information content (AvgIpc) is 2.43. The van der Waals surface area contributed by atoms with Gasteiger partial charge in [0.05, 0.1) is 12.5 Å². The molecule has 1 rings (SSSR count). The van der Waals surface area contributed by atoms with E-state index >= 15 is 0 Å². The molecule has 0 aliphatic carbocycles. The molecule has 1 aromatic rings. The third-order valence-electron chi connectivity index (χ3n) is 3.05. The molecule has 2 unspecified atom stereocenters. The summed E-state index contributed by atoms with van der Waals surface area (Å²) in [5.74, 6) is -0.752. The van der Waals surface area contributed by atoms with E-state index in [2.05, 4.69) is 5.32 Å². The quantitative estimate of drug-likeness (QED) is 0.813. The first kappa shape index (κ1) is 15.2. The van der Waals surface area contributed by atoms with Gasteiger partial charge in [-0.1, -0.05) is 37.3 Å². The van der Waals surface area contributed by atoms with Gasteiger partial charge in [-0.3, -0.25) is 9.59 Å². The Hall–Kier alpha value is -1.88. The van der Waals surface area contributed by atoms with E-state index in [0.29, 0.717) is 0 Å². The summed E-state index contributed by atoms with van der Waals surface area (Å²) >= 11 is 0. The van der Waals surface area contributed by atoms with E-state index < -0.39 is 5.92 Å². The maximum atomic E-state index is 11.9. The fraction of sp³-hybridized carbons (Fsp3) is 0.429. The number of carbonyl (C=O) groups excluding carboxylic acids is 2. The summed E-state index contributed by atoms with van der Waals surface area (Å²) in [7, 11) is 3.29. The van der Waals surface area contributed by atoms with Gasteiger partial charge < -0.3 is 16.0 Å². The second-order valence-electron chi connectivity index (χ2n) is 4.73. The van der Waals surface area contributed by atoms with Gasteiger partial charge in [-0.25, -0.2) is 0 Å². The van der Waals surface area contributed by atoms with Crippen molar-refractivity contribution >= 4 is 11.8 Å². The van der Waals surface area contributed by atoms with Crippen LogP contribution in [0.5, 0.6) is 0 Å². The molecule has 0 aromatic heterocycles. The summed E-state index contributed by atoms with van der Waals surface area (Å²) in [6.45, 7) is 1.75. The van der Waals surface area contributed by atoms with Crippen LogP contribution in [0.3, 0.4) is 0 Å². The number of nitrogens with zero attached hydrogens (tertiary/aromatic N) is 1. The monoisotopic (exact) mass is 263 g/mol. The minimum atomic E-state index is -0.391. The second-order valence-corrected chi connectivity index (χ2v) is 4.73. The highest BCUT2D eigenvalue weighted by Crippen LogP contribution is 2.18. The van der Waals surface area contributed by atoms with Gasteiger partial charge in [-0.15, -0.1) is 0 Å². The molecule has 0 heterocycles. The van der Waals surface area contributed by atoms with Gasteiger partial charge in [0.2, 0.25) is 11.8 Å². The largest absolute Gasteiger partial charge is 0.347 e. The first-order valence-electron chi connectivity index (χ1n) is 6.22. The highest BCUT2D eigenvalue weighted by Gasteiger charge is 2.22. The molecule has 0 fully saturated rings. The Kier molecular flexibility index (Phi) is 5.51. The molecule has 0 saturated heterocycles. The van der Waals surface area contributed by atoms with Crippen molar-refractivity contribution in [2.45, 2.75) is 13.0 Å². The fourth-order valence-corrected chi connectivity index (χ4v) is 1.61. The predicted molar refractivity (Wildman–Crippen MR) is 74.2 cm³/mol. The van der Waals surface area contributed by atoms with E-state index in [0.717, 1.165) is 5.56 Å². The number of carbonyl (C=O) groups is 2. The smallest absolute Gasteiger partial charge is 0.241 e. The molecular weight excluding hydrogens is 242 g/mol. The van der Waals surface area contributed by atoms with Crippen LogP contribution in [0.15, 0.2) is 30.3 Å². The summed E-state index contributed by atoms with van der Waals surface area (Å²) < 4.78 is 0. The molecule has 0 aliphatic rings. The van der Waals surface area contributed by atoms with E-state index in [1.165, 1.54) is 4.90 Å². The molecule has 3 N–H and O–H groups in total. The molecule has 0 spiro atoms. The van der Waals surface area contributed by atoms with Crippen LogP contribution in [0.2, 0.25) is 0 Å². The van der Waals surface area contributed by atoms with Crippen molar-refractivity contribution in [2.75, 3.05) is 20.6 Å². The Bertz CT molecular complexity index is 432. The summed E-state index contributed by atoms with van der Waals surface area (Å²) in [4.78, 5) is 24.7. The van der Waals surface area contributed by atoms with Crippen molar-refractivity contribution in [2.24, 2.45) is 11.7 Å². The Morgan fingerprint density at radius 2 is 1.84 bits per heavy atom. The molecule has 0 saturated carbocycles. The van der Waals surface area contributed by atoms with Crippen molar-refractivity contribution in [1.82, 2.24) is 10.2 Å². The number of hydrogen-bond acceptors (Lipinski definition) is 3. The maximum absolute atomic E-state index is 11.9. The van der Waals surface area contributed by atoms with Crippen LogP contribution in [-0.4, -0.2) is 37.4 Å². The maximum Gasteiger partial charge on any atom is 0.241 e. The van der Waals surface area contributed by atoms with Crippen molar-refractivity contribution in [3.8, 4) is 0 Å². The Labute approximate surface area is 113 Å². The summed E-state index contributed by atoms with van der Waals surface area (Å²) in [5.41, 5.74) is 6.96. The van der Waals surface area contributed by atoms with Crippen LogP contribution in [0.1, 0.15) is 18.5 Å².